The topological polar surface area (TPSA) is 119 Å². The number of pyridine rings is 1. The minimum atomic E-state index is -4.83. The molecule has 0 aliphatic carbocycles. The molecule has 1 aromatic carbocycles. The predicted octanol–water partition coefficient (Wildman–Crippen LogP) is 4.41. The van der Waals surface area contributed by atoms with Gasteiger partial charge in [-0.05, 0) is 56.5 Å². The van der Waals surface area contributed by atoms with Gasteiger partial charge in [-0.1, -0.05) is 12.1 Å². The van der Waals surface area contributed by atoms with Crippen molar-refractivity contribution in [1.29, 1.82) is 0 Å². The summed E-state index contributed by atoms with van der Waals surface area (Å²) in [5.74, 6) is 5.86. The summed E-state index contributed by atoms with van der Waals surface area (Å²) in [6.07, 6.45) is 0.0535. The molecule has 0 amide bonds. The molecule has 2 aliphatic heterocycles. The monoisotopic (exact) mass is 615 g/mol. The van der Waals surface area contributed by atoms with E-state index in [0.29, 0.717) is 42.3 Å². The summed E-state index contributed by atoms with van der Waals surface area (Å²) in [6, 6.07) is 8.15. The first-order chi connectivity index (χ1) is 21.1. The number of hydrazine groups is 1. The van der Waals surface area contributed by atoms with Crippen LogP contribution >= 0.6 is 0 Å². The van der Waals surface area contributed by atoms with E-state index < -0.39 is 24.0 Å². The highest BCUT2D eigenvalue weighted by Crippen LogP contribution is 2.36. The Hall–Kier alpha value is -4.08. The number of piperazine rings is 1. The third kappa shape index (κ3) is 6.25. The predicted molar refractivity (Wildman–Crippen MR) is 154 cm³/mol. The lowest BCUT2D eigenvalue weighted by atomic mass is 9.96. The molecule has 11 nitrogen and oxygen atoms in total. The standard InChI is InChI=1S/C29H33F4N9O2/c1-17-14-42(27-24-26(37-28(38-27)39-34)40(16-36-24)15-22-4-3-11-43-22)18(2)13-41(17)25(19-5-7-20(30)8-6-19)23-10-9-21(12-35-23)44-29(31,32)33/h5-10,12,16-18,22,25H,3-4,11,13-15,34H2,1-2H3,(H,37,38,39)/t17-,18+,22?,25?/m1/s1. The van der Waals surface area contributed by atoms with Crippen LogP contribution < -0.4 is 20.9 Å². The molecule has 0 spiro atoms. The fourth-order valence-electron chi connectivity index (χ4n) is 6.07. The Labute approximate surface area is 251 Å². The molecule has 6 rings (SSSR count). The molecule has 234 valence electrons. The van der Waals surface area contributed by atoms with E-state index in [1.807, 2.05) is 11.5 Å². The van der Waals surface area contributed by atoms with E-state index >= 15 is 0 Å². The molecule has 3 N–H and O–H groups in total. The number of nitrogens with zero attached hydrogens (tertiary/aromatic N) is 7. The van der Waals surface area contributed by atoms with Gasteiger partial charge in [0.05, 0.1) is 36.9 Å². The maximum atomic E-state index is 13.9. The van der Waals surface area contributed by atoms with Crippen LogP contribution in [0.2, 0.25) is 0 Å². The second-order valence-corrected chi connectivity index (χ2v) is 11.2. The molecule has 4 aromatic rings. The lowest BCUT2D eigenvalue weighted by Gasteiger charge is -2.47. The van der Waals surface area contributed by atoms with E-state index in [9.17, 15) is 17.6 Å². The van der Waals surface area contributed by atoms with Gasteiger partial charge in [0, 0.05) is 31.8 Å². The average Bonchev–Trinajstić information content (AvgIpc) is 3.66. The summed E-state index contributed by atoms with van der Waals surface area (Å²) in [6.45, 7) is 6.53. The van der Waals surface area contributed by atoms with Crippen molar-refractivity contribution in [3.05, 3.63) is 66.0 Å². The van der Waals surface area contributed by atoms with Crippen molar-refractivity contribution in [2.75, 3.05) is 30.0 Å². The van der Waals surface area contributed by atoms with Crippen molar-refractivity contribution in [2.24, 2.45) is 5.84 Å². The molecule has 2 saturated heterocycles. The molecule has 5 heterocycles. The van der Waals surface area contributed by atoms with Crippen LogP contribution in [0.3, 0.4) is 0 Å². The lowest BCUT2D eigenvalue weighted by molar-refractivity contribution is -0.274. The quantitative estimate of drug-likeness (QED) is 0.168. The third-order valence-corrected chi connectivity index (χ3v) is 8.10. The molecular formula is C29H33F4N9O2. The fourth-order valence-corrected chi connectivity index (χ4v) is 6.07. The molecular weight excluding hydrogens is 582 g/mol. The van der Waals surface area contributed by atoms with Crippen LogP contribution in [0.25, 0.3) is 11.2 Å². The van der Waals surface area contributed by atoms with Gasteiger partial charge in [-0.25, -0.2) is 15.2 Å². The van der Waals surface area contributed by atoms with Crippen LogP contribution in [-0.4, -0.2) is 73.6 Å². The van der Waals surface area contributed by atoms with Gasteiger partial charge in [-0.2, -0.15) is 9.97 Å². The number of imidazole rings is 1. The number of aromatic nitrogens is 5. The Kier molecular flexibility index (Phi) is 8.26. The first-order valence-corrected chi connectivity index (χ1v) is 14.4. The van der Waals surface area contributed by atoms with Crippen LogP contribution in [0.4, 0.5) is 29.3 Å². The number of alkyl halides is 3. The zero-order valence-corrected chi connectivity index (χ0v) is 24.2. The minimum absolute atomic E-state index is 0.0889. The zero-order chi connectivity index (χ0) is 31.0. The Morgan fingerprint density at radius 2 is 1.86 bits per heavy atom. The Morgan fingerprint density at radius 3 is 2.52 bits per heavy atom. The number of hydrogen-bond donors (Lipinski definition) is 2. The van der Waals surface area contributed by atoms with Gasteiger partial charge < -0.3 is 18.9 Å². The van der Waals surface area contributed by atoms with Crippen molar-refractivity contribution >= 4 is 22.9 Å². The Morgan fingerprint density at radius 1 is 1.07 bits per heavy atom. The third-order valence-electron chi connectivity index (χ3n) is 8.10. The first-order valence-electron chi connectivity index (χ1n) is 14.4. The Bertz CT molecular complexity index is 1580. The summed E-state index contributed by atoms with van der Waals surface area (Å²) >= 11 is 0. The number of nitrogen functional groups attached to an aromatic ring is 1. The van der Waals surface area contributed by atoms with E-state index in [-0.39, 0.29) is 24.1 Å². The van der Waals surface area contributed by atoms with Gasteiger partial charge >= 0.3 is 6.36 Å². The van der Waals surface area contributed by atoms with Crippen molar-refractivity contribution < 1.29 is 27.0 Å². The summed E-state index contributed by atoms with van der Waals surface area (Å²) in [4.78, 5) is 22.7. The van der Waals surface area contributed by atoms with Gasteiger partial charge in [0.1, 0.15) is 11.6 Å². The molecule has 4 atom stereocenters. The zero-order valence-electron chi connectivity index (χ0n) is 24.2. The SMILES string of the molecule is C[C@@H]1CN(c2nc(NN)nc3c2ncn3CC2CCCO2)[C@@H](C)CN1C(c1ccc(F)cc1)c1ccc(OC(F)(F)F)cn1. The second kappa shape index (κ2) is 12.1. The van der Waals surface area contributed by atoms with E-state index in [2.05, 4.69) is 41.8 Å². The second-order valence-electron chi connectivity index (χ2n) is 11.2. The van der Waals surface area contributed by atoms with Crippen LogP contribution in [0.15, 0.2) is 48.9 Å². The summed E-state index contributed by atoms with van der Waals surface area (Å²) in [7, 11) is 0. The average molecular weight is 616 g/mol. The lowest BCUT2D eigenvalue weighted by Crippen LogP contribution is -2.57. The van der Waals surface area contributed by atoms with Gasteiger partial charge in [0.25, 0.3) is 0 Å². The van der Waals surface area contributed by atoms with Gasteiger partial charge in [0.15, 0.2) is 17.0 Å². The van der Waals surface area contributed by atoms with Crippen molar-refractivity contribution in [3.8, 4) is 5.75 Å². The molecule has 0 saturated carbocycles. The minimum Gasteiger partial charge on any atom is -0.404 e. The highest BCUT2D eigenvalue weighted by atomic mass is 19.4. The van der Waals surface area contributed by atoms with E-state index in [1.54, 1.807) is 18.5 Å². The van der Waals surface area contributed by atoms with Crippen molar-refractivity contribution in [2.45, 2.75) is 63.8 Å². The van der Waals surface area contributed by atoms with Crippen molar-refractivity contribution in [3.63, 3.8) is 0 Å². The fraction of sp³-hybridized carbons (Fsp3) is 0.448. The highest BCUT2D eigenvalue weighted by Gasteiger charge is 2.38. The number of ether oxygens (including phenoxy) is 2. The van der Waals surface area contributed by atoms with Crippen LogP contribution in [0.5, 0.6) is 5.75 Å². The Balaban J connectivity index is 1.31. The van der Waals surface area contributed by atoms with Gasteiger partial charge in [-0.3, -0.25) is 15.3 Å². The first kappa shape index (κ1) is 30.0. The van der Waals surface area contributed by atoms with E-state index in [4.69, 9.17) is 15.6 Å². The smallest absolute Gasteiger partial charge is 0.404 e. The molecule has 15 heteroatoms. The normalized spacial score (nSPS) is 22.0. The number of nitrogens with two attached hydrogens (primary N) is 1. The molecule has 44 heavy (non-hydrogen) atoms. The van der Waals surface area contributed by atoms with Crippen LogP contribution in [-0.2, 0) is 11.3 Å². The number of fused-ring (bicyclic) bond motifs is 1. The van der Waals surface area contributed by atoms with Gasteiger partial charge in [0.2, 0.25) is 5.95 Å². The molecule has 2 aliphatic rings. The molecule has 0 radical (unpaired) electrons. The largest absolute Gasteiger partial charge is 0.573 e. The number of rotatable bonds is 8. The van der Waals surface area contributed by atoms with Crippen LogP contribution in [0.1, 0.15) is 44.0 Å². The van der Waals surface area contributed by atoms with Gasteiger partial charge in [-0.15, -0.1) is 13.2 Å². The summed E-state index contributed by atoms with van der Waals surface area (Å²) in [5.41, 5.74) is 5.13. The summed E-state index contributed by atoms with van der Waals surface area (Å²) in [5, 5.41) is 0. The number of halogens is 4. The van der Waals surface area contributed by atoms with E-state index in [1.165, 1.54) is 24.3 Å². The number of benzene rings is 1. The van der Waals surface area contributed by atoms with E-state index in [0.717, 1.165) is 31.2 Å². The number of hydrogen-bond acceptors (Lipinski definition) is 10. The highest BCUT2D eigenvalue weighted by molar-refractivity contribution is 5.85. The molecule has 2 fully saturated rings. The van der Waals surface area contributed by atoms with Crippen LogP contribution in [0, 0.1) is 5.82 Å². The maximum Gasteiger partial charge on any atom is 0.573 e. The number of anilines is 2. The number of nitrogens with one attached hydrogen (secondary N) is 1. The maximum absolute atomic E-state index is 13.9. The van der Waals surface area contributed by atoms with Crippen molar-refractivity contribution in [1.82, 2.24) is 29.4 Å². The summed E-state index contributed by atoms with van der Waals surface area (Å²) < 4.78 is 64.0. The molecule has 0 bridgehead atoms. The molecule has 2 unspecified atom stereocenters. The molecule has 3 aromatic heterocycles.